The molecule has 4 aromatic rings. The summed E-state index contributed by atoms with van der Waals surface area (Å²) in [6, 6.07) is 23.5. The van der Waals surface area contributed by atoms with Crippen LogP contribution in [-0.4, -0.2) is 60.2 Å². The van der Waals surface area contributed by atoms with Crippen molar-refractivity contribution in [2.24, 2.45) is 0 Å². The fourth-order valence-electron chi connectivity index (χ4n) is 4.67. The molecule has 1 atom stereocenters. The van der Waals surface area contributed by atoms with E-state index >= 15 is 0 Å². The number of rotatable bonds is 8. The third-order valence-corrected chi connectivity index (χ3v) is 11.8. The van der Waals surface area contributed by atoms with E-state index in [-0.39, 0.29) is 40.8 Å². The summed E-state index contributed by atoms with van der Waals surface area (Å²) in [6.07, 6.45) is 0.159. The van der Waals surface area contributed by atoms with Gasteiger partial charge in [-0.1, -0.05) is 60.7 Å². The Hall–Kier alpha value is -2.83. The summed E-state index contributed by atoms with van der Waals surface area (Å²) in [5.41, 5.74) is 0. The molecule has 0 aromatic heterocycles. The lowest BCUT2D eigenvalue weighted by Crippen LogP contribution is -2.45. The van der Waals surface area contributed by atoms with Gasteiger partial charge < -0.3 is 0 Å². The second-order valence-corrected chi connectivity index (χ2v) is 15.0. The highest BCUT2D eigenvalue weighted by molar-refractivity contribution is 7.92. The lowest BCUT2D eigenvalue weighted by molar-refractivity contribution is 0.343. The minimum Gasteiger partial charge on any atom is -0.229 e. The lowest BCUT2D eigenvalue weighted by Gasteiger charge is -2.27. The number of nitrogens with zero attached hydrogens (tertiary/aromatic N) is 1. The van der Waals surface area contributed by atoms with Crippen LogP contribution < -0.4 is 4.72 Å². The van der Waals surface area contributed by atoms with Crippen LogP contribution in [0.25, 0.3) is 21.5 Å². The zero-order valence-corrected chi connectivity index (χ0v) is 22.3. The third kappa shape index (κ3) is 5.41. The van der Waals surface area contributed by atoms with Crippen LogP contribution in [-0.2, 0) is 29.9 Å². The second-order valence-electron chi connectivity index (χ2n) is 9.09. The van der Waals surface area contributed by atoms with E-state index in [1.807, 2.05) is 42.5 Å². The van der Waals surface area contributed by atoms with Gasteiger partial charge in [0.2, 0.25) is 20.0 Å². The van der Waals surface area contributed by atoms with Crippen molar-refractivity contribution in [2.75, 3.05) is 24.6 Å². The maximum atomic E-state index is 13.7. The van der Waals surface area contributed by atoms with Gasteiger partial charge >= 0.3 is 0 Å². The molecule has 1 aliphatic rings. The molecule has 1 heterocycles. The Labute approximate surface area is 216 Å². The number of sulfonamides is 2. The molecule has 0 unspecified atom stereocenters. The van der Waals surface area contributed by atoms with Crippen LogP contribution in [0, 0.1) is 0 Å². The van der Waals surface area contributed by atoms with Gasteiger partial charge in [-0.05, 0) is 52.2 Å². The normalized spacial score (nSPS) is 18.0. The Morgan fingerprint density at radius 1 is 0.757 bits per heavy atom. The van der Waals surface area contributed by atoms with E-state index < -0.39 is 35.9 Å². The van der Waals surface area contributed by atoms with E-state index in [2.05, 4.69) is 4.72 Å². The predicted molar refractivity (Wildman–Crippen MR) is 144 cm³/mol. The van der Waals surface area contributed by atoms with Crippen molar-refractivity contribution in [3.63, 3.8) is 0 Å². The molecule has 1 fully saturated rings. The zero-order chi connectivity index (χ0) is 26.3. The molecule has 0 bridgehead atoms. The van der Waals surface area contributed by atoms with Gasteiger partial charge in [0.15, 0.2) is 9.84 Å². The summed E-state index contributed by atoms with van der Waals surface area (Å²) in [5, 5.41) is 3.28. The SMILES string of the molecule is O=S1(=O)CC[C@@H](N(CCNS(=O)(=O)c2ccc3ccccc3c2)S(=O)(=O)c2ccc3ccccc3c2)C1. The lowest BCUT2D eigenvalue weighted by atomic mass is 10.1. The molecule has 1 aliphatic heterocycles. The molecule has 37 heavy (non-hydrogen) atoms. The number of hydrogen-bond donors (Lipinski definition) is 1. The van der Waals surface area contributed by atoms with Gasteiger partial charge in [0.1, 0.15) is 0 Å². The van der Waals surface area contributed by atoms with Crippen molar-refractivity contribution in [1.82, 2.24) is 9.03 Å². The van der Waals surface area contributed by atoms with Gasteiger partial charge in [0, 0.05) is 19.1 Å². The van der Waals surface area contributed by atoms with E-state index in [0.29, 0.717) is 0 Å². The van der Waals surface area contributed by atoms with E-state index in [9.17, 15) is 25.3 Å². The van der Waals surface area contributed by atoms with E-state index in [1.54, 1.807) is 30.3 Å². The maximum Gasteiger partial charge on any atom is 0.243 e. The first-order valence-corrected chi connectivity index (χ1v) is 16.5. The van der Waals surface area contributed by atoms with E-state index in [0.717, 1.165) is 25.9 Å². The highest BCUT2D eigenvalue weighted by Crippen LogP contribution is 2.27. The first-order chi connectivity index (χ1) is 17.6. The molecule has 5 rings (SSSR count). The van der Waals surface area contributed by atoms with Crippen LogP contribution in [0.15, 0.2) is 94.7 Å². The van der Waals surface area contributed by atoms with Crippen molar-refractivity contribution in [1.29, 1.82) is 0 Å². The summed E-state index contributed by atoms with van der Waals surface area (Å²) in [4.78, 5) is 0.103. The number of nitrogens with one attached hydrogen (secondary N) is 1. The average molecular weight is 559 g/mol. The fraction of sp³-hybridized carbons (Fsp3) is 0.231. The number of sulfone groups is 1. The summed E-state index contributed by atoms with van der Waals surface area (Å²) in [7, 11) is -11.4. The van der Waals surface area contributed by atoms with E-state index in [1.165, 1.54) is 12.1 Å². The Morgan fingerprint density at radius 2 is 1.30 bits per heavy atom. The molecule has 0 spiro atoms. The van der Waals surface area contributed by atoms with Gasteiger partial charge in [-0.3, -0.25) is 0 Å². The molecule has 4 aromatic carbocycles. The van der Waals surface area contributed by atoms with E-state index in [4.69, 9.17) is 0 Å². The predicted octanol–water partition coefficient (Wildman–Crippen LogP) is 3.15. The van der Waals surface area contributed by atoms with Crippen LogP contribution in [0.4, 0.5) is 0 Å². The van der Waals surface area contributed by atoms with Crippen LogP contribution in [0.5, 0.6) is 0 Å². The van der Waals surface area contributed by atoms with Crippen molar-refractivity contribution in [3.8, 4) is 0 Å². The minimum absolute atomic E-state index is 0.0351. The number of benzene rings is 4. The highest BCUT2D eigenvalue weighted by atomic mass is 32.2. The topological polar surface area (TPSA) is 118 Å². The molecule has 0 amide bonds. The van der Waals surface area contributed by atoms with Crippen molar-refractivity contribution < 1.29 is 25.3 Å². The Morgan fingerprint density at radius 3 is 1.86 bits per heavy atom. The van der Waals surface area contributed by atoms with Gasteiger partial charge in [0.25, 0.3) is 0 Å². The first-order valence-electron chi connectivity index (χ1n) is 11.7. The zero-order valence-electron chi connectivity index (χ0n) is 19.8. The monoisotopic (exact) mass is 558 g/mol. The van der Waals surface area contributed by atoms with Gasteiger partial charge in [-0.2, -0.15) is 4.31 Å². The summed E-state index contributed by atoms with van der Waals surface area (Å²) in [6.45, 7) is -0.416. The Balaban J connectivity index is 1.41. The minimum atomic E-state index is -4.10. The van der Waals surface area contributed by atoms with Crippen LogP contribution in [0.2, 0.25) is 0 Å². The fourth-order valence-corrected chi connectivity index (χ4v) is 9.24. The van der Waals surface area contributed by atoms with Crippen molar-refractivity contribution in [2.45, 2.75) is 22.3 Å². The maximum absolute atomic E-state index is 13.7. The van der Waals surface area contributed by atoms with Crippen LogP contribution >= 0.6 is 0 Å². The highest BCUT2D eigenvalue weighted by Gasteiger charge is 2.38. The van der Waals surface area contributed by atoms with Crippen LogP contribution in [0.3, 0.4) is 0 Å². The average Bonchev–Trinajstić information content (AvgIpc) is 3.24. The molecule has 8 nitrogen and oxygen atoms in total. The summed E-state index contributed by atoms with van der Waals surface area (Å²) >= 11 is 0. The Kier molecular flexibility index (Phi) is 6.84. The second kappa shape index (κ2) is 9.80. The van der Waals surface area contributed by atoms with Crippen molar-refractivity contribution >= 4 is 51.4 Å². The molecule has 0 radical (unpaired) electrons. The molecule has 0 saturated carbocycles. The molecule has 0 aliphatic carbocycles. The van der Waals surface area contributed by atoms with Gasteiger partial charge in [-0.15, -0.1) is 0 Å². The van der Waals surface area contributed by atoms with Crippen LogP contribution in [0.1, 0.15) is 6.42 Å². The standard InChI is InChI=1S/C26H26N2O6S3/c29-35(30)16-13-24(19-35)28(37(33,34)26-12-10-21-6-2-4-8-23(21)18-26)15-14-27-36(31,32)25-11-9-20-5-1-3-7-22(20)17-25/h1-12,17-18,24,27H,13-16,19H2/t24-/m1/s1. The smallest absolute Gasteiger partial charge is 0.229 e. The molecular weight excluding hydrogens is 532 g/mol. The largest absolute Gasteiger partial charge is 0.243 e. The quantitative estimate of drug-likeness (QED) is 0.355. The van der Waals surface area contributed by atoms with Gasteiger partial charge in [0.05, 0.1) is 21.3 Å². The molecule has 11 heteroatoms. The van der Waals surface area contributed by atoms with Gasteiger partial charge in [-0.25, -0.2) is 30.0 Å². The molecule has 1 N–H and O–H groups in total. The number of hydrogen-bond acceptors (Lipinski definition) is 6. The summed E-state index contributed by atoms with van der Waals surface area (Å²) in [5.74, 6) is -0.401. The molecule has 1 saturated heterocycles. The molecular formula is C26H26N2O6S3. The summed E-state index contributed by atoms with van der Waals surface area (Å²) < 4.78 is 81.3. The first kappa shape index (κ1) is 25.8. The van der Waals surface area contributed by atoms with Crippen molar-refractivity contribution in [3.05, 3.63) is 84.9 Å². The molecule has 194 valence electrons. The number of fused-ring (bicyclic) bond motifs is 2. The Bertz CT molecular complexity index is 1800. The third-order valence-electron chi connectivity index (χ3n) is 6.60.